The van der Waals surface area contributed by atoms with Gasteiger partial charge in [-0.2, -0.15) is 0 Å². The van der Waals surface area contributed by atoms with E-state index < -0.39 is 12.1 Å². The third-order valence-electron chi connectivity index (χ3n) is 3.52. The molecule has 0 saturated heterocycles. The molecule has 0 spiro atoms. The zero-order valence-corrected chi connectivity index (χ0v) is 12.8. The van der Waals surface area contributed by atoms with Gasteiger partial charge in [-0.1, -0.05) is 25.1 Å². The second kappa shape index (κ2) is 7.79. The average molecular weight is 305 g/mol. The predicted molar refractivity (Wildman–Crippen MR) is 84.6 cm³/mol. The van der Waals surface area contributed by atoms with E-state index in [-0.39, 0.29) is 18.5 Å². The summed E-state index contributed by atoms with van der Waals surface area (Å²) in [6, 6.07) is 9.15. The first-order valence-electron chi connectivity index (χ1n) is 7.67. The van der Waals surface area contributed by atoms with E-state index >= 15 is 0 Å². The van der Waals surface area contributed by atoms with Crippen molar-refractivity contribution in [2.24, 2.45) is 0 Å². The van der Waals surface area contributed by atoms with Crippen molar-refractivity contribution in [2.45, 2.75) is 38.3 Å². The lowest BCUT2D eigenvalue weighted by Gasteiger charge is -2.26. The lowest BCUT2D eigenvalue weighted by molar-refractivity contribution is -0.118. The SMILES string of the molecule is CC[C@H](O)CN(CC(=O)NC(=O)NC1CC1)c1ccccc1. The van der Waals surface area contributed by atoms with Gasteiger partial charge in [0, 0.05) is 18.3 Å². The normalized spacial score (nSPS) is 15.0. The molecule has 0 heterocycles. The van der Waals surface area contributed by atoms with Gasteiger partial charge in [-0.05, 0) is 31.4 Å². The van der Waals surface area contributed by atoms with E-state index in [1.165, 1.54) is 0 Å². The number of aliphatic hydroxyl groups excluding tert-OH is 1. The van der Waals surface area contributed by atoms with Gasteiger partial charge in [-0.15, -0.1) is 0 Å². The van der Waals surface area contributed by atoms with Crippen LogP contribution in [0.4, 0.5) is 10.5 Å². The Morgan fingerprint density at radius 1 is 1.32 bits per heavy atom. The second-order valence-electron chi connectivity index (χ2n) is 5.57. The molecule has 120 valence electrons. The van der Waals surface area contributed by atoms with Gasteiger partial charge in [0.15, 0.2) is 0 Å². The molecule has 0 aromatic heterocycles. The lowest BCUT2D eigenvalue weighted by Crippen LogP contribution is -2.46. The quantitative estimate of drug-likeness (QED) is 0.708. The Labute approximate surface area is 130 Å². The van der Waals surface area contributed by atoms with E-state index in [0.717, 1.165) is 18.5 Å². The molecule has 0 unspecified atom stereocenters. The number of amides is 3. The Hall–Kier alpha value is -2.08. The van der Waals surface area contributed by atoms with Gasteiger partial charge in [0.2, 0.25) is 5.91 Å². The Bertz CT molecular complexity index is 503. The van der Waals surface area contributed by atoms with E-state index in [0.29, 0.717) is 13.0 Å². The summed E-state index contributed by atoms with van der Waals surface area (Å²) >= 11 is 0. The summed E-state index contributed by atoms with van der Waals surface area (Å²) in [6.45, 7) is 2.26. The number of aliphatic hydroxyl groups is 1. The first kappa shape index (κ1) is 16.3. The zero-order chi connectivity index (χ0) is 15.9. The highest BCUT2D eigenvalue weighted by atomic mass is 16.3. The molecule has 22 heavy (non-hydrogen) atoms. The summed E-state index contributed by atoms with van der Waals surface area (Å²) in [5, 5.41) is 14.9. The van der Waals surface area contributed by atoms with Crippen LogP contribution in [0, 0.1) is 0 Å². The molecule has 1 aromatic rings. The molecule has 1 fully saturated rings. The van der Waals surface area contributed by atoms with Crippen molar-refractivity contribution in [3.05, 3.63) is 30.3 Å². The van der Waals surface area contributed by atoms with Crippen LogP contribution in [0.1, 0.15) is 26.2 Å². The number of hydrogen-bond donors (Lipinski definition) is 3. The van der Waals surface area contributed by atoms with Crippen LogP contribution in [-0.2, 0) is 4.79 Å². The van der Waals surface area contributed by atoms with Gasteiger partial charge in [-0.3, -0.25) is 10.1 Å². The fourth-order valence-electron chi connectivity index (χ4n) is 2.07. The van der Waals surface area contributed by atoms with E-state index in [4.69, 9.17) is 0 Å². The average Bonchev–Trinajstić information content (AvgIpc) is 3.30. The summed E-state index contributed by atoms with van der Waals surface area (Å²) in [5.74, 6) is -0.384. The van der Waals surface area contributed by atoms with Crippen molar-refractivity contribution in [1.29, 1.82) is 0 Å². The minimum Gasteiger partial charge on any atom is -0.391 e. The molecule has 6 nitrogen and oxygen atoms in total. The summed E-state index contributed by atoms with van der Waals surface area (Å²) in [7, 11) is 0. The molecular weight excluding hydrogens is 282 g/mol. The van der Waals surface area contributed by atoms with Crippen molar-refractivity contribution >= 4 is 17.6 Å². The van der Waals surface area contributed by atoms with Crippen molar-refractivity contribution in [2.75, 3.05) is 18.0 Å². The summed E-state index contributed by atoms with van der Waals surface area (Å²) in [5.41, 5.74) is 0.841. The smallest absolute Gasteiger partial charge is 0.321 e. The topological polar surface area (TPSA) is 81.7 Å². The van der Waals surface area contributed by atoms with Gasteiger partial charge >= 0.3 is 6.03 Å². The summed E-state index contributed by atoms with van der Waals surface area (Å²) < 4.78 is 0. The van der Waals surface area contributed by atoms with Crippen LogP contribution in [-0.4, -0.2) is 42.3 Å². The Morgan fingerprint density at radius 3 is 2.59 bits per heavy atom. The number of carbonyl (C=O) groups excluding carboxylic acids is 2. The molecule has 1 atom stereocenters. The molecular formula is C16H23N3O3. The van der Waals surface area contributed by atoms with Crippen LogP contribution in [0.2, 0.25) is 0 Å². The number of imide groups is 1. The minimum absolute atomic E-state index is 0.0269. The van der Waals surface area contributed by atoms with Crippen LogP contribution >= 0.6 is 0 Å². The molecule has 0 radical (unpaired) electrons. The highest BCUT2D eigenvalue weighted by Gasteiger charge is 2.24. The number of nitrogens with zero attached hydrogens (tertiary/aromatic N) is 1. The van der Waals surface area contributed by atoms with Gasteiger partial charge in [0.05, 0.1) is 12.6 Å². The van der Waals surface area contributed by atoms with Gasteiger partial charge in [0.25, 0.3) is 0 Å². The summed E-state index contributed by atoms with van der Waals surface area (Å²) in [4.78, 5) is 25.4. The monoisotopic (exact) mass is 305 g/mol. The molecule has 1 aromatic carbocycles. The largest absolute Gasteiger partial charge is 0.391 e. The van der Waals surface area contributed by atoms with Crippen LogP contribution in [0.5, 0.6) is 0 Å². The number of nitrogens with one attached hydrogen (secondary N) is 2. The predicted octanol–water partition coefficient (Wildman–Crippen LogP) is 1.25. The summed E-state index contributed by atoms with van der Waals surface area (Å²) in [6.07, 6.45) is 2.03. The van der Waals surface area contributed by atoms with Crippen LogP contribution in [0.3, 0.4) is 0 Å². The number of carbonyl (C=O) groups is 2. The molecule has 0 aliphatic heterocycles. The van der Waals surface area contributed by atoms with Crippen LogP contribution in [0.15, 0.2) is 30.3 Å². The van der Waals surface area contributed by atoms with Crippen molar-refractivity contribution in [3.63, 3.8) is 0 Å². The fourth-order valence-corrected chi connectivity index (χ4v) is 2.07. The molecule has 2 rings (SSSR count). The molecule has 1 aliphatic rings. The zero-order valence-electron chi connectivity index (χ0n) is 12.8. The number of anilines is 1. The van der Waals surface area contributed by atoms with E-state index in [1.54, 1.807) is 4.90 Å². The molecule has 0 bridgehead atoms. The second-order valence-corrected chi connectivity index (χ2v) is 5.57. The number of benzene rings is 1. The van der Waals surface area contributed by atoms with E-state index in [9.17, 15) is 14.7 Å². The maximum absolute atomic E-state index is 12.0. The van der Waals surface area contributed by atoms with E-state index in [1.807, 2.05) is 37.3 Å². The number of hydrogen-bond acceptors (Lipinski definition) is 4. The van der Waals surface area contributed by atoms with Crippen molar-refractivity contribution < 1.29 is 14.7 Å². The molecule has 3 N–H and O–H groups in total. The highest BCUT2D eigenvalue weighted by molar-refractivity contribution is 5.96. The van der Waals surface area contributed by atoms with Gasteiger partial charge in [-0.25, -0.2) is 4.79 Å². The van der Waals surface area contributed by atoms with Crippen LogP contribution in [0.25, 0.3) is 0 Å². The number of rotatable bonds is 7. The van der Waals surface area contributed by atoms with E-state index in [2.05, 4.69) is 10.6 Å². The molecule has 3 amide bonds. The van der Waals surface area contributed by atoms with Gasteiger partial charge in [0.1, 0.15) is 0 Å². The fraction of sp³-hybridized carbons (Fsp3) is 0.500. The molecule has 6 heteroatoms. The minimum atomic E-state index is -0.520. The number of para-hydroxylation sites is 1. The Kier molecular flexibility index (Phi) is 5.77. The van der Waals surface area contributed by atoms with Crippen molar-refractivity contribution in [1.82, 2.24) is 10.6 Å². The third-order valence-corrected chi connectivity index (χ3v) is 3.52. The maximum atomic E-state index is 12.0. The Morgan fingerprint density at radius 2 is 2.00 bits per heavy atom. The molecule has 1 saturated carbocycles. The first-order valence-corrected chi connectivity index (χ1v) is 7.67. The standard InChI is InChI=1S/C16H23N3O3/c1-2-14(20)10-19(13-6-4-3-5-7-13)11-15(21)18-16(22)17-12-8-9-12/h3-7,12,14,20H,2,8-11H2,1H3,(H2,17,18,21,22)/t14-/m0/s1. The lowest BCUT2D eigenvalue weighted by atomic mass is 10.2. The van der Waals surface area contributed by atoms with Crippen molar-refractivity contribution in [3.8, 4) is 0 Å². The molecule has 1 aliphatic carbocycles. The third kappa shape index (κ3) is 5.37. The first-order chi connectivity index (χ1) is 10.6. The Balaban J connectivity index is 1.92. The van der Waals surface area contributed by atoms with Crippen LogP contribution < -0.4 is 15.5 Å². The van der Waals surface area contributed by atoms with Gasteiger partial charge < -0.3 is 15.3 Å². The number of urea groups is 1. The maximum Gasteiger partial charge on any atom is 0.321 e. The highest BCUT2D eigenvalue weighted by Crippen LogP contribution is 2.18.